The molecule has 0 radical (unpaired) electrons. The first kappa shape index (κ1) is 23.3. The molecule has 4 nitrogen and oxygen atoms in total. The summed E-state index contributed by atoms with van der Waals surface area (Å²) in [6.45, 7) is 0. The summed E-state index contributed by atoms with van der Waals surface area (Å²) < 4.78 is 6.66. The zero-order valence-corrected chi connectivity index (χ0v) is 22.0. The molecule has 0 fully saturated rings. The van der Waals surface area contributed by atoms with E-state index in [1.165, 1.54) is 0 Å². The largest absolute Gasteiger partial charge is 0.455 e. The molecule has 1 aliphatic heterocycles. The Bertz CT molecular complexity index is 2000. The highest BCUT2D eigenvalue weighted by Gasteiger charge is 2.25. The topological polar surface area (TPSA) is 47.9 Å². The Kier molecular flexibility index (Phi) is 5.42. The molecule has 6 aromatic carbocycles. The minimum Gasteiger partial charge on any atom is -0.455 e. The summed E-state index contributed by atoms with van der Waals surface area (Å²) in [6.07, 6.45) is 0. The fourth-order valence-corrected chi connectivity index (χ4v) is 5.62. The average molecular weight is 526 g/mol. The number of aromatic nitrogens is 3. The second-order valence-corrected chi connectivity index (χ2v) is 10.0. The maximum atomic E-state index is 6.66. The molecule has 7 aromatic rings. The van der Waals surface area contributed by atoms with Gasteiger partial charge in [-0.25, -0.2) is 15.0 Å². The van der Waals surface area contributed by atoms with Crippen LogP contribution in [0.15, 0.2) is 140 Å². The molecule has 4 heteroatoms. The average Bonchev–Trinajstić information content (AvgIpc) is 3.06. The lowest BCUT2D eigenvalue weighted by Gasteiger charge is -2.24. The Hall–Kier alpha value is -5.61. The molecule has 8 rings (SSSR count). The van der Waals surface area contributed by atoms with Gasteiger partial charge in [-0.2, -0.15) is 0 Å². The summed E-state index contributed by atoms with van der Waals surface area (Å²) >= 11 is 0. The molecule has 0 unspecified atom stereocenters. The van der Waals surface area contributed by atoms with Gasteiger partial charge in [-0.1, -0.05) is 127 Å². The van der Waals surface area contributed by atoms with E-state index in [4.69, 9.17) is 19.7 Å². The molecule has 0 aliphatic carbocycles. The molecule has 0 amide bonds. The number of para-hydroxylation sites is 1. The van der Waals surface area contributed by atoms with Gasteiger partial charge in [-0.3, -0.25) is 0 Å². The highest BCUT2D eigenvalue weighted by atomic mass is 16.5. The van der Waals surface area contributed by atoms with Gasteiger partial charge in [0.05, 0.1) is 0 Å². The van der Waals surface area contributed by atoms with Gasteiger partial charge in [0.25, 0.3) is 0 Å². The number of hydrogen-bond acceptors (Lipinski definition) is 4. The van der Waals surface area contributed by atoms with E-state index in [2.05, 4.69) is 66.7 Å². The zero-order valence-electron chi connectivity index (χ0n) is 22.0. The van der Waals surface area contributed by atoms with Crippen LogP contribution in [0, 0.1) is 0 Å². The monoisotopic (exact) mass is 525 g/mol. The van der Waals surface area contributed by atoms with E-state index in [0.29, 0.717) is 17.5 Å². The van der Waals surface area contributed by atoms with Crippen LogP contribution in [0.5, 0.6) is 11.5 Å². The maximum Gasteiger partial charge on any atom is 0.164 e. The number of benzene rings is 6. The van der Waals surface area contributed by atoms with Gasteiger partial charge in [0.15, 0.2) is 17.5 Å². The number of rotatable bonds is 4. The first-order valence-corrected chi connectivity index (χ1v) is 13.6. The van der Waals surface area contributed by atoms with Crippen LogP contribution in [0.1, 0.15) is 0 Å². The minimum atomic E-state index is 0.630. The molecule has 41 heavy (non-hydrogen) atoms. The van der Waals surface area contributed by atoms with E-state index in [1.54, 1.807) is 0 Å². The van der Waals surface area contributed by atoms with Crippen LogP contribution < -0.4 is 4.74 Å². The first-order chi connectivity index (χ1) is 20.3. The summed E-state index contributed by atoms with van der Waals surface area (Å²) in [5, 5.41) is 2.10. The third kappa shape index (κ3) is 3.97. The smallest absolute Gasteiger partial charge is 0.164 e. The number of fused-ring (bicyclic) bond motifs is 2. The van der Waals surface area contributed by atoms with E-state index in [9.17, 15) is 0 Å². The van der Waals surface area contributed by atoms with Crippen molar-refractivity contribution in [2.24, 2.45) is 0 Å². The Morgan fingerprint density at radius 3 is 1.56 bits per heavy atom. The molecule has 2 heterocycles. The van der Waals surface area contributed by atoms with E-state index in [0.717, 1.165) is 61.2 Å². The third-order valence-corrected chi connectivity index (χ3v) is 7.54. The fraction of sp³-hybridized carbons (Fsp3) is 0. The van der Waals surface area contributed by atoms with E-state index < -0.39 is 0 Å². The fourth-order valence-electron chi connectivity index (χ4n) is 5.62. The van der Waals surface area contributed by atoms with Crippen molar-refractivity contribution in [3.05, 3.63) is 140 Å². The Morgan fingerprint density at radius 1 is 0.366 bits per heavy atom. The van der Waals surface area contributed by atoms with Gasteiger partial charge in [-0.05, 0) is 28.6 Å². The van der Waals surface area contributed by atoms with Crippen molar-refractivity contribution in [3.63, 3.8) is 0 Å². The molecule has 0 spiro atoms. The Labute approximate surface area is 237 Å². The van der Waals surface area contributed by atoms with Crippen LogP contribution in [0.2, 0.25) is 0 Å². The summed E-state index contributed by atoms with van der Waals surface area (Å²) in [5.74, 6) is 3.62. The molecule has 0 saturated carbocycles. The predicted octanol–water partition coefficient (Wildman–Crippen LogP) is 9.47. The van der Waals surface area contributed by atoms with Gasteiger partial charge in [-0.15, -0.1) is 0 Å². The van der Waals surface area contributed by atoms with Crippen molar-refractivity contribution >= 4 is 10.8 Å². The lowest BCUT2D eigenvalue weighted by atomic mass is 9.90. The van der Waals surface area contributed by atoms with Crippen molar-refractivity contribution in [1.82, 2.24) is 15.0 Å². The molecule has 1 aromatic heterocycles. The highest BCUT2D eigenvalue weighted by molar-refractivity contribution is 6.10. The van der Waals surface area contributed by atoms with Crippen LogP contribution in [0.25, 0.3) is 67.2 Å². The first-order valence-electron chi connectivity index (χ1n) is 13.6. The quantitative estimate of drug-likeness (QED) is 0.230. The molecule has 192 valence electrons. The third-order valence-electron chi connectivity index (χ3n) is 7.54. The normalized spacial score (nSPS) is 11.6. The molecular weight excluding hydrogens is 502 g/mol. The molecule has 1 aliphatic rings. The van der Waals surface area contributed by atoms with E-state index in [-0.39, 0.29) is 0 Å². The summed E-state index contributed by atoms with van der Waals surface area (Å²) in [6, 6.07) is 47.4. The van der Waals surface area contributed by atoms with Gasteiger partial charge < -0.3 is 4.74 Å². The van der Waals surface area contributed by atoms with Crippen LogP contribution in [0.4, 0.5) is 0 Å². The van der Waals surface area contributed by atoms with Crippen molar-refractivity contribution in [2.75, 3.05) is 0 Å². The second kappa shape index (κ2) is 9.54. The number of nitrogens with zero attached hydrogens (tertiary/aromatic N) is 3. The summed E-state index contributed by atoms with van der Waals surface area (Å²) in [5.41, 5.74) is 7.25. The van der Waals surface area contributed by atoms with Gasteiger partial charge in [0.2, 0.25) is 0 Å². The summed E-state index contributed by atoms with van der Waals surface area (Å²) in [7, 11) is 0. The Balaban J connectivity index is 1.35. The van der Waals surface area contributed by atoms with Crippen molar-refractivity contribution < 1.29 is 4.74 Å². The van der Waals surface area contributed by atoms with E-state index >= 15 is 0 Å². The molecular formula is C37H23N3O. The van der Waals surface area contributed by atoms with Gasteiger partial charge >= 0.3 is 0 Å². The predicted molar refractivity (Wildman–Crippen MR) is 165 cm³/mol. The van der Waals surface area contributed by atoms with Crippen LogP contribution in [0.3, 0.4) is 0 Å². The lowest BCUT2D eigenvalue weighted by Crippen LogP contribution is -2.02. The Morgan fingerprint density at radius 2 is 0.902 bits per heavy atom. The maximum absolute atomic E-state index is 6.66. The minimum absolute atomic E-state index is 0.630. The van der Waals surface area contributed by atoms with Crippen LogP contribution in [-0.2, 0) is 0 Å². The summed E-state index contributed by atoms with van der Waals surface area (Å²) in [4.78, 5) is 14.8. The molecule has 0 N–H and O–H groups in total. The second-order valence-electron chi connectivity index (χ2n) is 10.0. The van der Waals surface area contributed by atoms with Crippen LogP contribution >= 0.6 is 0 Å². The standard InChI is InChI=1S/C37H23N3O/c1-4-12-24(13-5-1)27-18-10-21-30-28-19-11-20-29-31(22-23-32(33(28)29)41-34(27)30)37-39-35(25-14-6-2-7-15-25)38-36(40-37)26-16-8-3-9-17-26/h1-23H. The van der Waals surface area contributed by atoms with E-state index in [1.807, 2.05) is 72.8 Å². The highest BCUT2D eigenvalue weighted by Crippen LogP contribution is 2.51. The molecule has 0 saturated heterocycles. The van der Waals surface area contributed by atoms with Crippen molar-refractivity contribution in [2.45, 2.75) is 0 Å². The SMILES string of the molecule is c1ccc(-c2nc(-c3ccccc3)nc(-c3ccc4c5c(cccc35)-c3cccc(-c5ccccc5)c3O4)n2)cc1. The van der Waals surface area contributed by atoms with Crippen molar-refractivity contribution in [1.29, 1.82) is 0 Å². The molecule has 0 bridgehead atoms. The van der Waals surface area contributed by atoms with Crippen LogP contribution in [-0.4, -0.2) is 15.0 Å². The lowest BCUT2D eigenvalue weighted by molar-refractivity contribution is 0.489. The molecule has 0 atom stereocenters. The number of hydrogen-bond donors (Lipinski definition) is 0. The van der Waals surface area contributed by atoms with Gasteiger partial charge in [0.1, 0.15) is 11.5 Å². The zero-order chi connectivity index (χ0) is 27.2. The van der Waals surface area contributed by atoms with Gasteiger partial charge in [0, 0.05) is 33.2 Å². The number of ether oxygens (including phenoxy) is 1. The van der Waals surface area contributed by atoms with Crippen molar-refractivity contribution in [3.8, 4) is 67.9 Å².